The van der Waals surface area contributed by atoms with E-state index < -0.39 is 36.0 Å². The number of nitrogens with zero attached hydrogens (tertiary/aromatic N) is 3. The maximum atomic E-state index is 9.50. The van der Waals surface area contributed by atoms with Crippen LogP contribution in [0.25, 0.3) is 10.4 Å². The standard InChI is InChI=1S/C6H10BrN3O4.3Ac/c7-6-3(9-10-8)5(13)4(12)2(1-11)14-6;;;/h2-6,11-13H,1H2;;;/t2-,3-,4-,5-,6?;;;/m1.../s1. The van der Waals surface area contributed by atoms with Crippen LogP contribution in [-0.2, 0) is 4.74 Å². The third-order valence-electron chi connectivity index (χ3n) is 2.02. The van der Waals surface area contributed by atoms with Gasteiger partial charge >= 0.3 is 0 Å². The van der Waals surface area contributed by atoms with E-state index in [4.69, 9.17) is 15.4 Å². The number of aliphatic hydroxyl groups excluding tert-OH is 3. The van der Waals surface area contributed by atoms with Gasteiger partial charge in [0, 0.05) is 137 Å². The average Bonchev–Trinajstić information content (AvgIpc) is 2.18. The van der Waals surface area contributed by atoms with Gasteiger partial charge in [-0.05, 0) is 5.53 Å². The molecule has 0 aromatic heterocycles. The molecule has 3 N–H and O–H groups in total. The number of azide groups is 1. The normalized spacial score (nSPS) is 35.4. The Labute approximate surface area is 214 Å². The van der Waals surface area contributed by atoms with E-state index >= 15 is 0 Å². The maximum absolute atomic E-state index is 9.50. The Morgan fingerprint density at radius 1 is 1.24 bits per heavy atom. The van der Waals surface area contributed by atoms with Gasteiger partial charge in [0.15, 0.2) is 0 Å². The molecule has 0 amide bonds. The Hall–Kier alpha value is 3.95. The van der Waals surface area contributed by atoms with Crippen molar-refractivity contribution in [1.82, 2.24) is 0 Å². The summed E-state index contributed by atoms with van der Waals surface area (Å²) in [6.45, 7) is -0.413. The molecular weight excluding hydrogens is 939 g/mol. The van der Waals surface area contributed by atoms with Crippen LogP contribution >= 0.6 is 15.9 Å². The van der Waals surface area contributed by atoms with Gasteiger partial charge in [-0.3, -0.25) is 0 Å². The predicted octanol–water partition coefficient (Wildman–Crippen LogP) is -0.501. The van der Waals surface area contributed by atoms with Gasteiger partial charge in [0.25, 0.3) is 0 Å². The molecule has 1 saturated heterocycles. The van der Waals surface area contributed by atoms with E-state index in [0.717, 1.165) is 0 Å². The number of alkyl halides is 1. The Morgan fingerprint density at radius 3 is 2.18 bits per heavy atom. The molecule has 0 aliphatic carbocycles. The second kappa shape index (κ2) is 13.6. The quantitative estimate of drug-likeness (QED) is 0.150. The predicted molar refractivity (Wildman–Crippen MR) is 49.6 cm³/mol. The van der Waals surface area contributed by atoms with E-state index in [0.29, 0.717) is 0 Å². The molecule has 5 atom stereocenters. The molecule has 0 spiro atoms. The number of rotatable bonds is 2. The number of ether oxygens (including phenoxy) is 1. The second-order valence-electron chi connectivity index (χ2n) is 2.88. The third-order valence-corrected chi connectivity index (χ3v) is 2.78. The van der Waals surface area contributed by atoms with E-state index in [2.05, 4.69) is 26.0 Å². The molecule has 0 saturated carbocycles. The Kier molecular flexibility index (Phi) is 20.7. The number of hydrogen-bond acceptors (Lipinski definition) is 5. The number of aliphatic hydroxyl groups is 3. The Morgan fingerprint density at radius 2 is 1.76 bits per heavy atom. The first-order chi connectivity index (χ1) is 6.61. The summed E-state index contributed by atoms with van der Waals surface area (Å²) in [4.78, 5) is 2.53. The van der Waals surface area contributed by atoms with Gasteiger partial charge in [0.2, 0.25) is 0 Å². The number of halogens is 1. The zero-order valence-electron chi connectivity index (χ0n) is 8.80. The van der Waals surface area contributed by atoms with Gasteiger partial charge < -0.3 is 20.1 Å². The van der Waals surface area contributed by atoms with Crippen molar-refractivity contribution in [3.8, 4) is 0 Å². The van der Waals surface area contributed by atoms with Gasteiger partial charge in [-0.2, -0.15) is 0 Å². The molecule has 0 aromatic carbocycles. The summed E-state index contributed by atoms with van der Waals surface area (Å²) in [7, 11) is 0. The molecule has 1 unspecified atom stereocenters. The van der Waals surface area contributed by atoms with E-state index in [1.165, 1.54) is 0 Å². The van der Waals surface area contributed by atoms with Crippen LogP contribution in [-0.4, -0.2) is 51.3 Å². The van der Waals surface area contributed by atoms with E-state index in [1.54, 1.807) is 0 Å². The summed E-state index contributed by atoms with van der Waals surface area (Å²) in [5, 5.41) is 30.3. The van der Waals surface area contributed by atoms with Crippen molar-refractivity contribution in [3.05, 3.63) is 10.4 Å². The van der Waals surface area contributed by atoms with Gasteiger partial charge in [0.1, 0.15) is 23.3 Å². The molecular formula is C6H10Ac3BrN3O4. The molecule has 1 fully saturated rings. The summed E-state index contributed by atoms with van der Waals surface area (Å²) in [5.74, 6) is 0. The van der Waals surface area contributed by atoms with Crippen LogP contribution in [0.15, 0.2) is 5.11 Å². The van der Waals surface area contributed by atoms with Gasteiger partial charge in [-0.1, -0.05) is 21.0 Å². The minimum Gasteiger partial charge on any atom is -0.394 e. The molecule has 11 heteroatoms. The fraction of sp³-hybridized carbons (Fsp3) is 1.00. The average molecular weight is 949 g/mol. The maximum Gasteiger partial charge on any atom is 0.124 e. The summed E-state index contributed by atoms with van der Waals surface area (Å²) >= 11 is 3.04. The SMILES string of the molecule is [Ac].[Ac].[Ac].[N-]=[N+]=N[C@H]1C(Br)O[C@H](CO)[C@@H](O)[C@@H]1O. The smallest absolute Gasteiger partial charge is 0.124 e. The molecule has 1 aliphatic rings. The molecule has 0 bridgehead atoms. The zero-order valence-corrected chi connectivity index (χ0v) is 24.6. The van der Waals surface area contributed by atoms with Crippen molar-refractivity contribution < 1.29 is 152 Å². The van der Waals surface area contributed by atoms with Crippen LogP contribution in [0.1, 0.15) is 0 Å². The second-order valence-corrected chi connectivity index (χ2v) is 3.79. The van der Waals surface area contributed by atoms with Crippen molar-refractivity contribution in [3.63, 3.8) is 0 Å². The third kappa shape index (κ3) is 7.67. The summed E-state index contributed by atoms with van der Waals surface area (Å²) < 4.78 is 5.08. The van der Waals surface area contributed by atoms with Crippen molar-refractivity contribution in [2.75, 3.05) is 6.61 Å². The minimum atomic E-state index is -1.26. The molecule has 7 nitrogen and oxygen atoms in total. The fourth-order valence-electron chi connectivity index (χ4n) is 1.24. The topological polar surface area (TPSA) is 119 Å². The van der Waals surface area contributed by atoms with Gasteiger partial charge in [-0.15, -0.1) is 0 Å². The van der Waals surface area contributed by atoms with Gasteiger partial charge in [-0.25, -0.2) is 0 Å². The molecule has 0 aromatic rings. The first-order valence-electron chi connectivity index (χ1n) is 3.92. The minimum absolute atomic E-state index is 0. The fourth-order valence-corrected chi connectivity index (χ4v) is 1.93. The molecule has 17 heavy (non-hydrogen) atoms. The van der Waals surface area contributed by atoms with Crippen LogP contribution in [0.4, 0.5) is 0 Å². The largest absolute Gasteiger partial charge is 0.394 e. The van der Waals surface area contributed by atoms with Crippen molar-refractivity contribution in [2.45, 2.75) is 29.4 Å². The molecule has 89 valence electrons. The van der Waals surface area contributed by atoms with E-state index in [-0.39, 0.29) is 132 Å². The summed E-state index contributed by atoms with van der Waals surface area (Å²) in [6, 6.07) is -0.905. The molecule has 1 aliphatic heterocycles. The van der Waals surface area contributed by atoms with Gasteiger partial charge in [0.05, 0.1) is 12.7 Å². The Bertz CT molecular complexity index is 259. The first-order valence-corrected chi connectivity index (χ1v) is 4.84. The van der Waals surface area contributed by atoms with Crippen molar-refractivity contribution in [2.24, 2.45) is 5.11 Å². The van der Waals surface area contributed by atoms with Crippen LogP contribution < -0.4 is 0 Å². The van der Waals surface area contributed by atoms with E-state index in [9.17, 15) is 10.2 Å². The van der Waals surface area contributed by atoms with E-state index in [1.807, 2.05) is 0 Å². The van der Waals surface area contributed by atoms with Crippen molar-refractivity contribution >= 4 is 15.9 Å². The Balaban J connectivity index is -0.000000653. The molecule has 1 rings (SSSR count). The van der Waals surface area contributed by atoms with Crippen molar-refractivity contribution in [1.29, 1.82) is 0 Å². The number of hydrogen-bond donors (Lipinski definition) is 3. The van der Waals surface area contributed by atoms with Crippen LogP contribution in [0, 0.1) is 132 Å². The van der Waals surface area contributed by atoms with Crippen LogP contribution in [0.5, 0.6) is 0 Å². The van der Waals surface area contributed by atoms with Crippen LogP contribution in [0.2, 0.25) is 0 Å². The summed E-state index contributed by atoms with van der Waals surface area (Å²) in [5.41, 5.74) is 8.20. The zero-order chi connectivity index (χ0) is 10.7. The summed E-state index contributed by atoms with van der Waals surface area (Å²) in [6.07, 6.45) is -3.38. The molecule has 1 heterocycles. The molecule has 3 radical (unpaired) electrons. The van der Waals surface area contributed by atoms with Crippen LogP contribution in [0.3, 0.4) is 0 Å². The first kappa shape index (κ1) is 25.9. The monoisotopic (exact) mass is 948 g/mol.